The number of rotatable bonds is 7. The molecule has 3 heterocycles. The molecule has 0 N–H and O–H groups in total. The van der Waals surface area contributed by atoms with Gasteiger partial charge in [0, 0.05) is 11.5 Å². The zero-order valence-corrected chi connectivity index (χ0v) is 16.2. The van der Waals surface area contributed by atoms with Crippen LogP contribution in [0, 0.1) is 6.92 Å². The van der Waals surface area contributed by atoms with Crippen LogP contribution in [0.1, 0.15) is 41.8 Å². The molecular formula is C20H19N5O2S. The van der Waals surface area contributed by atoms with Crippen molar-refractivity contribution in [1.82, 2.24) is 24.9 Å². The normalized spacial score (nSPS) is 13.9. The predicted molar refractivity (Wildman–Crippen MR) is 104 cm³/mol. The van der Waals surface area contributed by atoms with Crippen LogP contribution in [0.3, 0.4) is 0 Å². The Morgan fingerprint density at radius 2 is 2.04 bits per heavy atom. The van der Waals surface area contributed by atoms with Crippen LogP contribution in [0.4, 0.5) is 0 Å². The van der Waals surface area contributed by atoms with Gasteiger partial charge in [-0.15, -0.1) is 10.2 Å². The van der Waals surface area contributed by atoms with E-state index in [4.69, 9.17) is 8.94 Å². The lowest BCUT2D eigenvalue weighted by Gasteiger charge is -2.07. The largest absolute Gasteiger partial charge is 0.467 e. The summed E-state index contributed by atoms with van der Waals surface area (Å²) in [5.41, 5.74) is 2.11. The van der Waals surface area contributed by atoms with Gasteiger partial charge in [0.05, 0.1) is 18.6 Å². The number of aromatic nitrogens is 5. The van der Waals surface area contributed by atoms with E-state index < -0.39 is 0 Å². The van der Waals surface area contributed by atoms with Crippen LogP contribution in [-0.4, -0.2) is 24.9 Å². The molecule has 1 fully saturated rings. The minimum atomic E-state index is 0.507. The highest BCUT2D eigenvalue weighted by atomic mass is 32.2. The maximum atomic E-state index is 5.52. The van der Waals surface area contributed by atoms with Crippen molar-refractivity contribution in [2.45, 2.75) is 43.1 Å². The topological polar surface area (TPSA) is 82.8 Å². The number of nitrogens with zero attached hydrogens (tertiary/aromatic N) is 5. The molecule has 0 amide bonds. The molecular weight excluding hydrogens is 374 g/mol. The molecule has 5 rings (SSSR count). The number of aryl methyl sites for hydroxylation is 1. The van der Waals surface area contributed by atoms with E-state index in [1.165, 1.54) is 12.8 Å². The molecule has 0 atom stereocenters. The average molecular weight is 393 g/mol. The fraction of sp³-hybridized carbons (Fsp3) is 0.300. The molecule has 0 radical (unpaired) electrons. The summed E-state index contributed by atoms with van der Waals surface area (Å²) in [5, 5.41) is 13.8. The van der Waals surface area contributed by atoms with E-state index in [2.05, 4.69) is 24.9 Å². The highest BCUT2D eigenvalue weighted by Crippen LogP contribution is 2.40. The van der Waals surface area contributed by atoms with E-state index in [0.717, 1.165) is 27.9 Å². The van der Waals surface area contributed by atoms with Gasteiger partial charge >= 0.3 is 0 Å². The van der Waals surface area contributed by atoms with Gasteiger partial charge in [-0.2, -0.15) is 4.98 Å². The second kappa shape index (κ2) is 7.27. The van der Waals surface area contributed by atoms with E-state index in [1.807, 2.05) is 43.3 Å². The van der Waals surface area contributed by atoms with Crippen LogP contribution >= 0.6 is 11.8 Å². The molecule has 142 valence electrons. The molecule has 0 unspecified atom stereocenters. The fourth-order valence-electron chi connectivity index (χ4n) is 3.13. The van der Waals surface area contributed by atoms with Crippen molar-refractivity contribution in [3.8, 4) is 11.4 Å². The Kier molecular flexibility index (Phi) is 4.48. The SMILES string of the molecule is Cc1ccccc1-c1noc(CSc2nnc(C3CC3)n2Cc2ccco2)n1. The molecule has 8 heteroatoms. The van der Waals surface area contributed by atoms with Crippen molar-refractivity contribution < 1.29 is 8.94 Å². The first kappa shape index (κ1) is 17.2. The maximum Gasteiger partial charge on any atom is 0.237 e. The lowest BCUT2D eigenvalue weighted by Crippen LogP contribution is -2.05. The van der Waals surface area contributed by atoms with Crippen LogP contribution in [0.15, 0.2) is 56.8 Å². The Labute approximate surface area is 166 Å². The van der Waals surface area contributed by atoms with E-state index in [0.29, 0.717) is 29.9 Å². The molecule has 4 aromatic rings. The fourth-order valence-corrected chi connectivity index (χ4v) is 3.91. The quantitative estimate of drug-likeness (QED) is 0.429. The summed E-state index contributed by atoms with van der Waals surface area (Å²) in [5.74, 6) is 4.16. The van der Waals surface area contributed by atoms with Crippen molar-refractivity contribution in [3.63, 3.8) is 0 Å². The van der Waals surface area contributed by atoms with E-state index in [-0.39, 0.29) is 0 Å². The van der Waals surface area contributed by atoms with Gasteiger partial charge in [-0.25, -0.2) is 0 Å². The molecule has 28 heavy (non-hydrogen) atoms. The number of furan rings is 1. The summed E-state index contributed by atoms with van der Waals surface area (Å²) in [4.78, 5) is 4.54. The summed E-state index contributed by atoms with van der Waals surface area (Å²) in [7, 11) is 0. The number of hydrogen-bond acceptors (Lipinski definition) is 7. The van der Waals surface area contributed by atoms with Gasteiger partial charge in [0.2, 0.25) is 11.7 Å². The highest BCUT2D eigenvalue weighted by Gasteiger charge is 2.30. The summed E-state index contributed by atoms with van der Waals surface area (Å²) in [6, 6.07) is 11.9. The van der Waals surface area contributed by atoms with Crippen LogP contribution in [0.5, 0.6) is 0 Å². The third-order valence-corrected chi connectivity index (χ3v) is 5.71. The number of thioether (sulfide) groups is 1. The van der Waals surface area contributed by atoms with Gasteiger partial charge in [0.15, 0.2) is 5.16 Å². The third-order valence-electron chi connectivity index (χ3n) is 4.76. The molecule has 0 bridgehead atoms. The second-order valence-corrected chi connectivity index (χ2v) is 7.84. The number of hydrogen-bond donors (Lipinski definition) is 0. The van der Waals surface area contributed by atoms with Gasteiger partial charge in [0.25, 0.3) is 0 Å². The summed E-state index contributed by atoms with van der Waals surface area (Å²) in [6.07, 6.45) is 4.03. The van der Waals surface area contributed by atoms with Crippen LogP contribution in [0.25, 0.3) is 11.4 Å². The molecule has 0 aliphatic heterocycles. The van der Waals surface area contributed by atoms with Gasteiger partial charge in [-0.3, -0.25) is 4.57 Å². The molecule has 1 saturated carbocycles. The number of benzene rings is 1. The molecule has 1 aliphatic rings. The van der Waals surface area contributed by atoms with Crippen LogP contribution in [-0.2, 0) is 12.3 Å². The molecule has 3 aromatic heterocycles. The van der Waals surface area contributed by atoms with Gasteiger partial charge in [0.1, 0.15) is 11.6 Å². The van der Waals surface area contributed by atoms with Crippen LogP contribution < -0.4 is 0 Å². The summed E-state index contributed by atoms with van der Waals surface area (Å²) in [6.45, 7) is 2.67. The van der Waals surface area contributed by atoms with Crippen molar-refractivity contribution in [1.29, 1.82) is 0 Å². The lowest BCUT2D eigenvalue weighted by atomic mass is 10.1. The standard InChI is InChI=1S/C20H19N5O2S/c1-13-5-2-3-7-16(13)18-21-17(27-24-18)12-28-20-23-22-19(14-8-9-14)25(20)11-15-6-4-10-26-15/h2-7,10,14H,8-9,11-12H2,1H3. The van der Waals surface area contributed by atoms with E-state index in [9.17, 15) is 0 Å². The smallest absolute Gasteiger partial charge is 0.237 e. The first-order chi connectivity index (χ1) is 13.8. The van der Waals surface area contributed by atoms with Crippen LogP contribution in [0.2, 0.25) is 0 Å². The zero-order chi connectivity index (χ0) is 18.9. The maximum absolute atomic E-state index is 5.52. The van der Waals surface area contributed by atoms with Crippen molar-refractivity contribution in [2.75, 3.05) is 0 Å². The Morgan fingerprint density at radius 1 is 1.14 bits per heavy atom. The van der Waals surface area contributed by atoms with Crippen molar-refractivity contribution >= 4 is 11.8 Å². The average Bonchev–Trinajstić information content (AvgIpc) is 3.10. The van der Waals surface area contributed by atoms with E-state index in [1.54, 1.807) is 18.0 Å². The Bertz CT molecular complexity index is 1080. The monoisotopic (exact) mass is 393 g/mol. The van der Waals surface area contributed by atoms with E-state index >= 15 is 0 Å². The zero-order valence-electron chi connectivity index (χ0n) is 15.4. The van der Waals surface area contributed by atoms with Crippen molar-refractivity contribution in [3.05, 3.63) is 65.7 Å². The Hall–Kier alpha value is -2.87. The first-order valence-corrected chi connectivity index (χ1v) is 10.2. The summed E-state index contributed by atoms with van der Waals surface area (Å²) < 4.78 is 13.1. The molecule has 0 spiro atoms. The lowest BCUT2D eigenvalue weighted by molar-refractivity contribution is 0.391. The molecule has 7 nitrogen and oxygen atoms in total. The minimum Gasteiger partial charge on any atom is -0.467 e. The Balaban J connectivity index is 1.34. The third kappa shape index (κ3) is 3.47. The Morgan fingerprint density at radius 3 is 2.82 bits per heavy atom. The van der Waals surface area contributed by atoms with Gasteiger partial charge in [-0.1, -0.05) is 41.2 Å². The minimum absolute atomic E-state index is 0.507. The molecule has 1 aliphatic carbocycles. The second-order valence-electron chi connectivity index (χ2n) is 6.90. The summed E-state index contributed by atoms with van der Waals surface area (Å²) >= 11 is 1.55. The molecule has 1 aromatic carbocycles. The predicted octanol–water partition coefficient (Wildman–Crippen LogP) is 4.45. The highest BCUT2D eigenvalue weighted by molar-refractivity contribution is 7.98. The van der Waals surface area contributed by atoms with Gasteiger partial charge < -0.3 is 8.94 Å². The van der Waals surface area contributed by atoms with Crippen molar-refractivity contribution in [2.24, 2.45) is 0 Å². The van der Waals surface area contributed by atoms with Gasteiger partial charge in [-0.05, 0) is 37.5 Å². The molecule has 0 saturated heterocycles. The first-order valence-electron chi connectivity index (χ1n) is 9.25.